The molecule has 0 spiro atoms. The van der Waals surface area contributed by atoms with Gasteiger partial charge in [-0.2, -0.15) is 0 Å². The van der Waals surface area contributed by atoms with E-state index in [1.165, 1.54) is 19.3 Å². The molecule has 1 aliphatic rings. The average molecular weight is 236 g/mol. The Balaban J connectivity index is 1.94. The summed E-state index contributed by atoms with van der Waals surface area (Å²) in [6, 6.07) is 3.65. The lowest BCUT2D eigenvalue weighted by Crippen LogP contribution is -2.34. The fourth-order valence-corrected chi connectivity index (χ4v) is 2.71. The Labute approximate surface area is 102 Å². The van der Waals surface area contributed by atoms with Crippen molar-refractivity contribution < 1.29 is 13.9 Å². The molecule has 1 aliphatic carbocycles. The van der Waals surface area contributed by atoms with Crippen LogP contribution in [0.1, 0.15) is 37.9 Å². The van der Waals surface area contributed by atoms with Crippen LogP contribution in [0.2, 0.25) is 0 Å². The van der Waals surface area contributed by atoms with E-state index >= 15 is 0 Å². The molecule has 0 aromatic carbocycles. The highest BCUT2D eigenvalue weighted by molar-refractivity contribution is 5.85. The summed E-state index contributed by atoms with van der Waals surface area (Å²) < 4.78 is 10.6. The zero-order valence-electron chi connectivity index (χ0n) is 10.4. The molecule has 0 N–H and O–H groups in total. The maximum absolute atomic E-state index is 12.2. The van der Waals surface area contributed by atoms with Gasteiger partial charge in [-0.15, -0.1) is 0 Å². The highest BCUT2D eigenvalue weighted by Gasteiger charge is 2.29. The summed E-state index contributed by atoms with van der Waals surface area (Å²) in [6.45, 7) is 0. The van der Waals surface area contributed by atoms with Gasteiger partial charge in [0.25, 0.3) is 0 Å². The highest BCUT2D eigenvalue weighted by Crippen LogP contribution is 2.28. The summed E-state index contributed by atoms with van der Waals surface area (Å²) in [4.78, 5) is 12.2. The molecule has 1 unspecified atom stereocenters. The summed E-state index contributed by atoms with van der Waals surface area (Å²) in [5.74, 6) is 1.28. The van der Waals surface area contributed by atoms with Crippen LogP contribution in [-0.4, -0.2) is 19.0 Å². The van der Waals surface area contributed by atoms with Crippen molar-refractivity contribution in [2.45, 2.75) is 44.6 Å². The van der Waals surface area contributed by atoms with Gasteiger partial charge >= 0.3 is 0 Å². The fraction of sp³-hybridized carbons (Fsp3) is 0.643. The predicted octanol–water partition coefficient (Wildman–Crippen LogP) is 2.99. The first-order chi connectivity index (χ1) is 8.31. The molecule has 1 fully saturated rings. The van der Waals surface area contributed by atoms with E-state index < -0.39 is 0 Å². The van der Waals surface area contributed by atoms with Gasteiger partial charge in [-0.1, -0.05) is 19.3 Å². The molecule has 17 heavy (non-hydrogen) atoms. The lowest BCUT2D eigenvalue weighted by atomic mass is 9.83. The van der Waals surface area contributed by atoms with Gasteiger partial charge in [0.1, 0.15) is 11.9 Å². The highest BCUT2D eigenvalue weighted by atomic mass is 16.5. The third-order valence-electron chi connectivity index (χ3n) is 3.58. The summed E-state index contributed by atoms with van der Waals surface area (Å²) in [7, 11) is 1.64. The smallest absolute Gasteiger partial charge is 0.169 e. The van der Waals surface area contributed by atoms with Crippen molar-refractivity contribution in [3.8, 4) is 0 Å². The van der Waals surface area contributed by atoms with Crippen LogP contribution in [0.4, 0.5) is 0 Å². The van der Waals surface area contributed by atoms with Crippen LogP contribution < -0.4 is 0 Å². The van der Waals surface area contributed by atoms with Gasteiger partial charge in [0.05, 0.1) is 12.7 Å². The summed E-state index contributed by atoms with van der Waals surface area (Å²) in [6.07, 6.45) is 7.66. The molecule has 0 saturated heterocycles. The van der Waals surface area contributed by atoms with Gasteiger partial charge < -0.3 is 9.15 Å². The van der Waals surface area contributed by atoms with Crippen molar-refractivity contribution in [3.05, 3.63) is 24.2 Å². The Morgan fingerprint density at radius 1 is 1.47 bits per heavy atom. The van der Waals surface area contributed by atoms with Crippen LogP contribution in [0.25, 0.3) is 0 Å². The van der Waals surface area contributed by atoms with Crippen LogP contribution in [0.5, 0.6) is 0 Å². The number of ketones is 1. The van der Waals surface area contributed by atoms with Gasteiger partial charge in [0, 0.05) is 7.11 Å². The molecule has 0 amide bonds. The third-order valence-corrected chi connectivity index (χ3v) is 3.58. The fourth-order valence-electron chi connectivity index (χ4n) is 2.71. The molecular weight excluding hydrogens is 216 g/mol. The molecule has 3 heteroatoms. The van der Waals surface area contributed by atoms with Crippen LogP contribution >= 0.6 is 0 Å². The Morgan fingerprint density at radius 3 is 2.82 bits per heavy atom. The third kappa shape index (κ3) is 3.19. The number of hydrogen-bond donors (Lipinski definition) is 0. The van der Waals surface area contributed by atoms with Crippen molar-refractivity contribution in [2.75, 3.05) is 7.11 Å². The van der Waals surface area contributed by atoms with Crippen molar-refractivity contribution >= 4 is 5.78 Å². The van der Waals surface area contributed by atoms with E-state index in [1.54, 1.807) is 13.4 Å². The molecule has 2 rings (SSSR count). The zero-order chi connectivity index (χ0) is 12.1. The van der Waals surface area contributed by atoms with Gasteiger partial charge in [-0.05, 0) is 30.9 Å². The Hall–Kier alpha value is -1.09. The van der Waals surface area contributed by atoms with E-state index in [-0.39, 0.29) is 11.9 Å². The zero-order valence-corrected chi connectivity index (χ0v) is 10.4. The van der Waals surface area contributed by atoms with Gasteiger partial charge in [-0.25, -0.2) is 0 Å². The molecule has 1 saturated carbocycles. The minimum Gasteiger partial charge on any atom is -0.469 e. The molecule has 1 atom stereocenters. The standard InChI is InChI=1S/C14H20O3/c1-16-14(11-6-3-2-4-7-11)13(15)10-12-8-5-9-17-12/h5,8-9,11,14H,2-4,6-7,10H2,1H3. The molecule has 1 aromatic rings. The van der Waals surface area contributed by atoms with Gasteiger partial charge in [0.2, 0.25) is 0 Å². The first kappa shape index (κ1) is 12.4. The maximum atomic E-state index is 12.2. The molecular formula is C14H20O3. The topological polar surface area (TPSA) is 39.4 Å². The van der Waals surface area contributed by atoms with Gasteiger partial charge in [0.15, 0.2) is 5.78 Å². The van der Waals surface area contributed by atoms with Crippen LogP contribution in [0, 0.1) is 5.92 Å². The number of methoxy groups -OCH3 is 1. The summed E-state index contributed by atoms with van der Waals surface area (Å²) in [5.41, 5.74) is 0. The second-order valence-corrected chi connectivity index (χ2v) is 4.78. The van der Waals surface area contributed by atoms with Crippen LogP contribution in [0.3, 0.4) is 0 Å². The minimum absolute atomic E-state index is 0.148. The molecule has 0 aliphatic heterocycles. The molecule has 0 radical (unpaired) electrons. The van der Waals surface area contributed by atoms with E-state index in [0.29, 0.717) is 12.3 Å². The molecule has 3 nitrogen and oxygen atoms in total. The summed E-state index contributed by atoms with van der Waals surface area (Å²) in [5, 5.41) is 0. The second kappa shape index (κ2) is 6.01. The van der Waals surface area contributed by atoms with Crippen molar-refractivity contribution in [2.24, 2.45) is 5.92 Å². The number of carbonyl (C=O) groups is 1. The van der Waals surface area contributed by atoms with E-state index in [4.69, 9.17) is 9.15 Å². The quantitative estimate of drug-likeness (QED) is 0.789. The SMILES string of the molecule is COC(C(=O)Cc1ccco1)C1CCCCC1. The minimum atomic E-state index is -0.250. The van der Waals surface area contributed by atoms with Gasteiger partial charge in [-0.3, -0.25) is 4.79 Å². The number of carbonyl (C=O) groups excluding carboxylic acids is 1. The molecule has 94 valence electrons. The second-order valence-electron chi connectivity index (χ2n) is 4.78. The van der Waals surface area contributed by atoms with E-state index in [0.717, 1.165) is 18.6 Å². The van der Waals surface area contributed by atoms with Crippen molar-refractivity contribution in [3.63, 3.8) is 0 Å². The first-order valence-corrected chi connectivity index (χ1v) is 6.39. The largest absolute Gasteiger partial charge is 0.469 e. The van der Waals surface area contributed by atoms with E-state index in [2.05, 4.69) is 0 Å². The number of furan rings is 1. The van der Waals surface area contributed by atoms with Crippen LogP contribution in [-0.2, 0) is 16.0 Å². The van der Waals surface area contributed by atoms with Crippen molar-refractivity contribution in [1.29, 1.82) is 0 Å². The molecule has 1 aromatic heterocycles. The van der Waals surface area contributed by atoms with Crippen molar-refractivity contribution in [1.82, 2.24) is 0 Å². The maximum Gasteiger partial charge on any atom is 0.169 e. The van der Waals surface area contributed by atoms with Crippen LogP contribution in [0.15, 0.2) is 22.8 Å². The number of ether oxygens (including phenoxy) is 1. The number of Topliss-reactive ketones (excluding diaryl/α,β-unsaturated/α-hetero) is 1. The Bertz CT molecular complexity index is 336. The first-order valence-electron chi connectivity index (χ1n) is 6.39. The lowest BCUT2D eigenvalue weighted by Gasteiger charge is -2.28. The predicted molar refractivity (Wildman–Crippen MR) is 64.8 cm³/mol. The molecule has 0 bridgehead atoms. The monoisotopic (exact) mass is 236 g/mol. The lowest BCUT2D eigenvalue weighted by molar-refractivity contribution is -0.132. The number of rotatable bonds is 5. The average Bonchev–Trinajstić information content (AvgIpc) is 2.84. The van der Waals surface area contributed by atoms with E-state index in [1.807, 2.05) is 12.1 Å². The van der Waals surface area contributed by atoms with E-state index in [9.17, 15) is 4.79 Å². The molecule has 1 heterocycles. The Morgan fingerprint density at radius 2 is 2.24 bits per heavy atom. The number of hydrogen-bond acceptors (Lipinski definition) is 3. The normalized spacial score (nSPS) is 19.1. The summed E-state index contributed by atoms with van der Waals surface area (Å²) >= 11 is 0. The Kier molecular flexibility index (Phi) is 4.37.